The molecule has 0 atom stereocenters. The monoisotopic (exact) mass is 321 g/mol. The second kappa shape index (κ2) is 7.86. The number of hydrogen-bond donors (Lipinski definition) is 2. The Morgan fingerprint density at radius 3 is 2.77 bits per heavy atom. The number of rotatable bonds is 7. The number of fused-ring (bicyclic) bond motifs is 1. The van der Waals surface area contributed by atoms with Crippen molar-refractivity contribution in [3.63, 3.8) is 0 Å². The van der Waals surface area contributed by atoms with Gasteiger partial charge in [0.25, 0.3) is 0 Å². The number of aromatic nitrogens is 1. The van der Waals surface area contributed by atoms with Gasteiger partial charge in [0, 0.05) is 6.04 Å². The lowest BCUT2D eigenvalue weighted by atomic mass is 10.3. The van der Waals surface area contributed by atoms with Crippen molar-refractivity contribution in [3.05, 3.63) is 29.3 Å². The highest BCUT2D eigenvalue weighted by Crippen LogP contribution is 2.21. The number of thiazole rings is 1. The number of carbonyl (C=O) groups is 2. The molecule has 2 N–H and O–H groups in total. The first-order chi connectivity index (χ1) is 10.5. The Labute approximate surface area is 132 Å². The Balaban J connectivity index is 1.69. The second-order valence-electron chi connectivity index (χ2n) is 5.07. The first kappa shape index (κ1) is 16.4. The van der Waals surface area contributed by atoms with Crippen molar-refractivity contribution >= 4 is 33.4 Å². The Hall–Kier alpha value is -1.99. The van der Waals surface area contributed by atoms with Gasteiger partial charge in [0.15, 0.2) is 0 Å². The summed E-state index contributed by atoms with van der Waals surface area (Å²) in [6.07, 6.45) is 0. The van der Waals surface area contributed by atoms with E-state index >= 15 is 0 Å². The zero-order valence-electron chi connectivity index (χ0n) is 12.6. The Morgan fingerprint density at radius 2 is 2.05 bits per heavy atom. The highest BCUT2D eigenvalue weighted by Gasteiger charge is 2.08. The molecular weight excluding hydrogens is 302 g/mol. The van der Waals surface area contributed by atoms with Gasteiger partial charge in [-0.25, -0.2) is 4.98 Å². The molecule has 0 saturated carbocycles. The summed E-state index contributed by atoms with van der Waals surface area (Å²) in [4.78, 5) is 27.4. The molecule has 0 saturated heterocycles. The fraction of sp³-hybridized carbons (Fsp3) is 0.400. The van der Waals surface area contributed by atoms with E-state index < -0.39 is 0 Å². The number of ether oxygens (including phenoxy) is 1. The van der Waals surface area contributed by atoms with Crippen LogP contribution in [0.2, 0.25) is 0 Å². The first-order valence-electron chi connectivity index (χ1n) is 7.03. The van der Waals surface area contributed by atoms with Crippen LogP contribution in [0.25, 0.3) is 10.2 Å². The standard InChI is InChI=1S/C15H19N3O3S/c1-10(2)17-13(19)7-16-14(20)8-21-9-15-18-11-5-3-4-6-12(11)22-15/h3-6,10H,7-9H2,1-2H3,(H,16,20)(H,17,19). The van der Waals surface area contributed by atoms with Gasteiger partial charge in [-0.15, -0.1) is 11.3 Å². The van der Waals surface area contributed by atoms with E-state index in [0.717, 1.165) is 15.2 Å². The third-order valence-electron chi connectivity index (χ3n) is 2.69. The quantitative estimate of drug-likeness (QED) is 0.809. The lowest BCUT2D eigenvalue weighted by Crippen LogP contribution is -2.40. The van der Waals surface area contributed by atoms with Crippen LogP contribution in [0.4, 0.5) is 0 Å². The van der Waals surface area contributed by atoms with Crippen LogP contribution in [0.15, 0.2) is 24.3 Å². The lowest BCUT2D eigenvalue weighted by molar-refractivity contribution is -0.129. The van der Waals surface area contributed by atoms with Crippen molar-refractivity contribution in [2.24, 2.45) is 0 Å². The van der Waals surface area contributed by atoms with Gasteiger partial charge in [-0.05, 0) is 26.0 Å². The van der Waals surface area contributed by atoms with Crippen molar-refractivity contribution in [3.8, 4) is 0 Å². The SMILES string of the molecule is CC(C)NC(=O)CNC(=O)COCc1nc2ccccc2s1. The maximum Gasteiger partial charge on any atom is 0.246 e. The summed E-state index contributed by atoms with van der Waals surface area (Å²) in [5, 5.41) is 6.03. The molecule has 0 fully saturated rings. The molecule has 6 nitrogen and oxygen atoms in total. The van der Waals surface area contributed by atoms with Gasteiger partial charge in [-0.2, -0.15) is 0 Å². The van der Waals surface area contributed by atoms with E-state index in [1.807, 2.05) is 38.1 Å². The highest BCUT2D eigenvalue weighted by atomic mass is 32.1. The Bertz CT molecular complexity index is 621. The molecule has 2 rings (SSSR count). The summed E-state index contributed by atoms with van der Waals surface area (Å²) in [6.45, 7) is 3.87. The highest BCUT2D eigenvalue weighted by molar-refractivity contribution is 7.18. The van der Waals surface area contributed by atoms with Gasteiger partial charge < -0.3 is 15.4 Å². The molecule has 2 aromatic rings. The van der Waals surface area contributed by atoms with Gasteiger partial charge in [-0.1, -0.05) is 12.1 Å². The van der Waals surface area contributed by atoms with E-state index in [4.69, 9.17) is 4.74 Å². The molecule has 22 heavy (non-hydrogen) atoms. The van der Waals surface area contributed by atoms with Crippen molar-refractivity contribution in [1.82, 2.24) is 15.6 Å². The molecular formula is C15H19N3O3S. The minimum atomic E-state index is -0.319. The smallest absolute Gasteiger partial charge is 0.246 e. The van der Waals surface area contributed by atoms with Crippen LogP contribution in [0, 0.1) is 0 Å². The van der Waals surface area contributed by atoms with E-state index in [1.165, 1.54) is 0 Å². The van der Waals surface area contributed by atoms with Gasteiger partial charge >= 0.3 is 0 Å². The fourth-order valence-corrected chi connectivity index (χ4v) is 2.72. The predicted molar refractivity (Wildman–Crippen MR) is 85.6 cm³/mol. The summed E-state index contributed by atoms with van der Waals surface area (Å²) in [5.74, 6) is -0.533. The molecule has 118 valence electrons. The molecule has 0 radical (unpaired) electrons. The summed E-state index contributed by atoms with van der Waals surface area (Å²) in [6, 6.07) is 7.88. The summed E-state index contributed by atoms with van der Waals surface area (Å²) in [5.41, 5.74) is 0.931. The molecule has 0 aliphatic carbocycles. The zero-order chi connectivity index (χ0) is 15.9. The molecule has 2 amide bonds. The third-order valence-corrected chi connectivity index (χ3v) is 3.70. The number of nitrogens with zero attached hydrogens (tertiary/aromatic N) is 1. The Morgan fingerprint density at radius 1 is 1.27 bits per heavy atom. The summed E-state index contributed by atoms with van der Waals surface area (Å²) >= 11 is 1.54. The van der Waals surface area contributed by atoms with Gasteiger partial charge in [-0.3, -0.25) is 9.59 Å². The van der Waals surface area contributed by atoms with E-state index in [2.05, 4.69) is 15.6 Å². The lowest BCUT2D eigenvalue weighted by Gasteiger charge is -2.09. The maximum atomic E-state index is 11.6. The summed E-state index contributed by atoms with van der Waals surface area (Å²) < 4.78 is 6.42. The number of benzene rings is 1. The number of nitrogens with one attached hydrogen (secondary N) is 2. The number of carbonyl (C=O) groups excluding carboxylic acids is 2. The van der Waals surface area contributed by atoms with Crippen LogP contribution in [0.1, 0.15) is 18.9 Å². The largest absolute Gasteiger partial charge is 0.364 e. The van der Waals surface area contributed by atoms with Crippen LogP contribution in [-0.2, 0) is 20.9 Å². The number of para-hydroxylation sites is 1. The van der Waals surface area contributed by atoms with Crippen LogP contribution in [0.5, 0.6) is 0 Å². The molecule has 0 bridgehead atoms. The van der Waals surface area contributed by atoms with Crippen LogP contribution in [0.3, 0.4) is 0 Å². The summed E-state index contributed by atoms with van der Waals surface area (Å²) in [7, 11) is 0. The number of amides is 2. The average molecular weight is 321 g/mol. The molecule has 1 heterocycles. The van der Waals surface area contributed by atoms with Crippen molar-refractivity contribution < 1.29 is 14.3 Å². The number of hydrogen-bond acceptors (Lipinski definition) is 5. The molecule has 0 unspecified atom stereocenters. The second-order valence-corrected chi connectivity index (χ2v) is 6.18. The Kier molecular flexibility index (Phi) is 5.85. The van der Waals surface area contributed by atoms with Crippen molar-refractivity contribution in [2.45, 2.75) is 26.5 Å². The van der Waals surface area contributed by atoms with E-state index in [9.17, 15) is 9.59 Å². The molecule has 0 aliphatic rings. The maximum absolute atomic E-state index is 11.6. The van der Waals surface area contributed by atoms with E-state index in [-0.39, 0.29) is 37.6 Å². The topological polar surface area (TPSA) is 80.3 Å². The minimum absolute atomic E-state index is 0.0402. The molecule has 0 spiro atoms. The van der Waals surface area contributed by atoms with Gasteiger partial charge in [0.2, 0.25) is 11.8 Å². The molecule has 0 aliphatic heterocycles. The average Bonchev–Trinajstić information content (AvgIpc) is 2.87. The van der Waals surface area contributed by atoms with Crippen molar-refractivity contribution in [1.29, 1.82) is 0 Å². The fourth-order valence-electron chi connectivity index (χ4n) is 1.82. The van der Waals surface area contributed by atoms with Gasteiger partial charge in [0.1, 0.15) is 11.6 Å². The zero-order valence-corrected chi connectivity index (χ0v) is 13.4. The van der Waals surface area contributed by atoms with Gasteiger partial charge in [0.05, 0.1) is 23.4 Å². The van der Waals surface area contributed by atoms with Crippen LogP contribution < -0.4 is 10.6 Å². The van der Waals surface area contributed by atoms with Crippen molar-refractivity contribution in [2.75, 3.05) is 13.2 Å². The van der Waals surface area contributed by atoms with Crippen LogP contribution >= 0.6 is 11.3 Å². The van der Waals surface area contributed by atoms with Crippen LogP contribution in [-0.4, -0.2) is 36.0 Å². The first-order valence-corrected chi connectivity index (χ1v) is 7.84. The van der Waals surface area contributed by atoms with E-state index in [0.29, 0.717) is 0 Å². The predicted octanol–water partition coefficient (Wildman–Crippen LogP) is 1.45. The normalized spacial score (nSPS) is 10.9. The molecule has 7 heteroatoms. The third kappa shape index (κ3) is 5.09. The molecule has 1 aromatic carbocycles. The van der Waals surface area contributed by atoms with E-state index in [1.54, 1.807) is 11.3 Å². The molecule has 1 aromatic heterocycles. The minimum Gasteiger partial charge on any atom is -0.364 e.